The van der Waals surface area contributed by atoms with Crippen LogP contribution >= 0.6 is 0 Å². The molecule has 0 amide bonds. The van der Waals surface area contributed by atoms with Crippen molar-refractivity contribution in [3.8, 4) is 22.3 Å². The number of nitrogens with zero attached hydrogens (tertiary/aromatic N) is 1. The molecule has 0 aliphatic rings. The fourth-order valence-corrected chi connectivity index (χ4v) is 6.30. The van der Waals surface area contributed by atoms with Gasteiger partial charge in [0, 0.05) is 28.1 Å². The van der Waals surface area contributed by atoms with Crippen molar-refractivity contribution in [2.75, 3.05) is 16.4 Å². The third-order valence-electron chi connectivity index (χ3n) is 8.49. The number of rotatable bonds is 5. The molecule has 0 atom stereocenters. The Morgan fingerprint density at radius 1 is 0.349 bits per heavy atom. The Labute approximate surface area is 250 Å². The van der Waals surface area contributed by atoms with Crippen molar-refractivity contribution < 1.29 is 0 Å². The van der Waals surface area contributed by atoms with Gasteiger partial charge >= 0.3 is 0 Å². The zero-order valence-electron chi connectivity index (χ0n) is 23.5. The van der Waals surface area contributed by atoms with E-state index in [1.54, 1.807) is 0 Å². The predicted molar refractivity (Wildman–Crippen MR) is 185 cm³/mol. The van der Waals surface area contributed by atoms with E-state index in [9.17, 15) is 0 Å². The molecule has 0 saturated heterocycles. The van der Waals surface area contributed by atoms with Crippen LogP contribution in [-0.2, 0) is 0 Å². The third kappa shape index (κ3) is 4.30. The molecular weight excluding hydrogens is 522 g/mol. The molecule has 0 aromatic heterocycles. The maximum Gasteiger partial charge on any atom is 0.0540 e. The fraction of sp³-hybridized carbons (Fsp3) is 0. The van der Waals surface area contributed by atoms with E-state index in [2.05, 4.69) is 132 Å². The summed E-state index contributed by atoms with van der Waals surface area (Å²) in [6, 6.07) is 53.7. The normalized spacial score (nSPS) is 11.4. The molecule has 0 radical (unpaired) electrons. The molecule has 43 heavy (non-hydrogen) atoms. The van der Waals surface area contributed by atoms with E-state index in [-0.39, 0.29) is 0 Å². The van der Waals surface area contributed by atoms with Gasteiger partial charge in [0.1, 0.15) is 0 Å². The summed E-state index contributed by atoms with van der Waals surface area (Å²) in [5, 5.41) is 7.62. The molecule has 0 spiro atoms. The van der Waals surface area contributed by atoms with Crippen molar-refractivity contribution in [1.82, 2.24) is 0 Å². The van der Waals surface area contributed by atoms with Crippen LogP contribution in [0.15, 0.2) is 152 Å². The maximum atomic E-state index is 5.94. The summed E-state index contributed by atoms with van der Waals surface area (Å²) >= 11 is 0. The van der Waals surface area contributed by atoms with Crippen LogP contribution in [-0.4, -0.2) is 0 Å². The number of hydrogen-bond donors (Lipinski definition) is 2. The van der Waals surface area contributed by atoms with Gasteiger partial charge in [-0.15, -0.1) is 0 Å². The Bertz CT molecular complexity index is 2110. The number of hydrogen-bond acceptors (Lipinski definition) is 3. The second kappa shape index (κ2) is 9.93. The first kappa shape index (κ1) is 25.0. The summed E-state index contributed by atoms with van der Waals surface area (Å²) in [4.78, 5) is 2.37. The average Bonchev–Trinajstić information content (AvgIpc) is 3.06. The van der Waals surface area contributed by atoms with Crippen molar-refractivity contribution in [3.63, 3.8) is 0 Å². The molecule has 0 aliphatic heterocycles. The summed E-state index contributed by atoms with van der Waals surface area (Å²) < 4.78 is 0. The van der Waals surface area contributed by atoms with E-state index in [0.717, 1.165) is 50.7 Å². The molecule has 0 saturated carbocycles. The molecule has 0 heterocycles. The molecule has 204 valence electrons. The quantitative estimate of drug-likeness (QED) is 0.165. The molecule has 0 bridgehead atoms. The Hall–Kier alpha value is -5.80. The largest absolute Gasteiger partial charge is 0.399 e. The number of benzene rings is 8. The standard InChI is InChI=1S/C40H29N3/c41-33-16-6-26(7-17-33)28-10-20-35(21-11-28)43(36-22-12-29(13-23-36)27-8-18-34(42)19-9-27)38-25-15-32-5-4-30-2-1-3-31-14-24-37(38)40(32)39(30)31/h1-25H,41-42H2. The van der Waals surface area contributed by atoms with Crippen molar-refractivity contribution in [2.24, 2.45) is 0 Å². The molecule has 8 aromatic carbocycles. The summed E-state index contributed by atoms with van der Waals surface area (Å²) in [7, 11) is 0. The molecule has 3 heteroatoms. The minimum atomic E-state index is 0.767. The second-order valence-electron chi connectivity index (χ2n) is 11.1. The maximum absolute atomic E-state index is 5.94. The van der Waals surface area contributed by atoms with Gasteiger partial charge in [-0.2, -0.15) is 0 Å². The lowest BCUT2D eigenvalue weighted by Crippen LogP contribution is -2.10. The smallest absolute Gasteiger partial charge is 0.0540 e. The summed E-state index contributed by atoms with van der Waals surface area (Å²) in [6.45, 7) is 0. The minimum Gasteiger partial charge on any atom is -0.399 e. The minimum absolute atomic E-state index is 0.767. The van der Waals surface area contributed by atoms with Crippen LogP contribution in [0.25, 0.3) is 54.6 Å². The number of nitrogens with two attached hydrogens (primary N) is 2. The van der Waals surface area contributed by atoms with Crippen LogP contribution in [0.5, 0.6) is 0 Å². The lowest BCUT2D eigenvalue weighted by molar-refractivity contribution is 1.30. The van der Waals surface area contributed by atoms with Crippen molar-refractivity contribution in [2.45, 2.75) is 0 Å². The molecule has 8 aromatic rings. The summed E-state index contributed by atoms with van der Waals surface area (Å²) in [5.74, 6) is 0. The molecule has 0 fully saturated rings. The van der Waals surface area contributed by atoms with E-state index in [0.29, 0.717) is 0 Å². The Balaban J connectivity index is 1.31. The van der Waals surface area contributed by atoms with Crippen LogP contribution in [0.1, 0.15) is 0 Å². The van der Waals surface area contributed by atoms with Gasteiger partial charge in [-0.1, -0.05) is 97.1 Å². The zero-order chi connectivity index (χ0) is 28.9. The lowest BCUT2D eigenvalue weighted by atomic mass is 9.93. The van der Waals surface area contributed by atoms with Crippen LogP contribution in [0.4, 0.5) is 28.4 Å². The number of nitrogen functional groups attached to an aromatic ring is 2. The van der Waals surface area contributed by atoms with Crippen molar-refractivity contribution >= 4 is 60.8 Å². The SMILES string of the molecule is Nc1ccc(-c2ccc(N(c3ccc(-c4ccc(N)cc4)cc3)c3ccc4ccc5cccc6ccc3c4c56)cc2)cc1. The Kier molecular flexibility index (Phi) is 5.76. The van der Waals surface area contributed by atoms with Crippen LogP contribution < -0.4 is 16.4 Å². The number of anilines is 5. The first-order chi connectivity index (χ1) is 21.1. The van der Waals surface area contributed by atoms with Gasteiger partial charge in [0.05, 0.1) is 5.69 Å². The Morgan fingerprint density at radius 2 is 0.744 bits per heavy atom. The first-order valence-corrected chi connectivity index (χ1v) is 14.5. The van der Waals surface area contributed by atoms with Crippen LogP contribution in [0, 0.1) is 0 Å². The van der Waals surface area contributed by atoms with Crippen LogP contribution in [0.2, 0.25) is 0 Å². The average molecular weight is 552 g/mol. The fourth-order valence-electron chi connectivity index (χ4n) is 6.30. The highest BCUT2D eigenvalue weighted by Gasteiger charge is 2.18. The molecule has 8 rings (SSSR count). The first-order valence-electron chi connectivity index (χ1n) is 14.5. The lowest BCUT2D eigenvalue weighted by Gasteiger charge is -2.28. The van der Waals surface area contributed by atoms with Gasteiger partial charge in [0.15, 0.2) is 0 Å². The van der Waals surface area contributed by atoms with Crippen molar-refractivity contribution in [3.05, 3.63) is 152 Å². The third-order valence-corrected chi connectivity index (χ3v) is 8.49. The highest BCUT2D eigenvalue weighted by molar-refractivity contribution is 6.25. The second-order valence-corrected chi connectivity index (χ2v) is 11.1. The summed E-state index contributed by atoms with van der Waals surface area (Å²) in [6.07, 6.45) is 0. The molecule has 4 N–H and O–H groups in total. The van der Waals surface area contributed by atoms with E-state index in [1.807, 2.05) is 24.3 Å². The van der Waals surface area contributed by atoms with Gasteiger partial charge < -0.3 is 16.4 Å². The molecule has 3 nitrogen and oxygen atoms in total. The van der Waals surface area contributed by atoms with E-state index in [4.69, 9.17) is 11.5 Å². The van der Waals surface area contributed by atoms with E-state index < -0.39 is 0 Å². The van der Waals surface area contributed by atoms with Gasteiger partial charge in [0.2, 0.25) is 0 Å². The molecule has 0 unspecified atom stereocenters. The van der Waals surface area contributed by atoms with Gasteiger partial charge in [-0.05, 0) is 104 Å². The van der Waals surface area contributed by atoms with E-state index in [1.165, 1.54) is 32.3 Å². The van der Waals surface area contributed by atoms with Gasteiger partial charge in [-0.25, -0.2) is 0 Å². The van der Waals surface area contributed by atoms with Crippen molar-refractivity contribution in [1.29, 1.82) is 0 Å². The van der Waals surface area contributed by atoms with Gasteiger partial charge in [0.25, 0.3) is 0 Å². The van der Waals surface area contributed by atoms with Gasteiger partial charge in [-0.3, -0.25) is 0 Å². The molecule has 0 aliphatic carbocycles. The Morgan fingerprint density at radius 3 is 1.23 bits per heavy atom. The van der Waals surface area contributed by atoms with E-state index >= 15 is 0 Å². The topological polar surface area (TPSA) is 55.3 Å². The highest BCUT2D eigenvalue weighted by atomic mass is 15.1. The monoisotopic (exact) mass is 551 g/mol. The predicted octanol–water partition coefficient (Wildman–Crippen LogP) is 10.6. The zero-order valence-corrected chi connectivity index (χ0v) is 23.5. The molecular formula is C40H29N3. The summed E-state index contributed by atoms with van der Waals surface area (Å²) in [5.41, 5.74) is 21.3. The highest BCUT2D eigenvalue weighted by Crippen LogP contribution is 2.44. The van der Waals surface area contributed by atoms with Crippen LogP contribution in [0.3, 0.4) is 0 Å².